The molecule has 1 aromatic rings. The van der Waals surface area contributed by atoms with Gasteiger partial charge in [0.05, 0.1) is 0 Å². The number of para-hydroxylation sites is 1. The van der Waals surface area contributed by atoms with Crippen molar-refractivity contribution in [2.24, 2.45) is 0 Å². The molecule has 3 heteroatoms. The van der Waals surface area contributed by atoms with Crippen LogP contribution in [0, 0.1) is 0 Å². The lowest BCUT2D eigenvalue weighted by Gasteiger charge is -2.34. The summed E-state index contributed by atoms with van der Waals surface area (Å²) in [5, 5.41) is 4.42. The molecule has 1 fully saturated rings. The van der Waals surface area contributed by atoms with Crippen LogP contribution >= 0.6 is 11.8 Å². The summed E-state index contributed by atoms with van der Waals surface area (Å²) in [6, 6.07) is 11.5. The van der Waals surface area contributed by atoms with Crippen LogP contribution in [0.4, 0.5) is 5.69 Å². The van der Waals surface area contributed by atoms with E-state index in [0.29, 0.717) is 6.04 Å². The number of nitrogens with one attached hydrogen (secondary N) is 1. The lowest BCUT2D eigenvalue weighted by molar-refractivity contribution is 0.417. The van der Waals surface area contributed by atoms with Crippen LogP contribution in [0.5, 0.6) is 0 Å². The van der Waals surface area contributed by atoms with Gasteiger partial charge in [-0.1, -0.05) is 25.1 Å². The van der Waals surface area contributed by atoms with Crippen LogP contribution in [0.25, 0.3) is 0 Å². The highest BCUT2D eigenvalue weighted by Crippen LogP contribution is 2.19. The van der Waals surface area contributed by atoms with E-state index in [-0.39, 0.29) is 0 Å². The zero-order chi connectivity index (χ0) is 12.8. The van der Waals surface area contributed by atoms with Gasteiger partial charge in [-0.3, -0.25) is 0 Å². The summed E-state index contributed by atoms with van der Waals surface area (Å²) < 4.78 is 0. The monoisotopic (exact) mass is 264 g/mol. The zero-order valence-corrected chi connectivity index (χ0v) is 12.2. The topological polar surface area (TPSA) is 15.3 Å². The molecule has 100 valence electrons. The lowest BCUT2D eigenvalue weighted by Crippen LogP contribution is -2.44. The molecule has 1 aliphatic rings. The van der Waals surface area contributed by atoms with Gasteiger partial charge in [0.15, 0.2) is 0 Å². The minimum Gasteiger partial charge on any atom is -0.371 e. The molecule has 0 bridgehead atoms. The zero-order valence-electron chi connectivity index (χ0n) is 11.4. The molecule has 2 nitrogen and oxygen atoms in total. The Morgan fingerprint density at radius 3 is 2.56 bits per heavy atom. The number of benzene rings is 1. The number of nitrogens with zero attached hydrogens (tertiary/aromatic N) is 1. The van der Waals surface area contributed by atoms with E-state index in [9.17, 15) is 0 Å². The van der Waals surface area contributed by atoms with E-state index in [1.54, 1.807) is 0 Å². The molecule has 0 aliphatic carbocycles. The van der Waals surface area contributed by atoms with Crippen LogP contribution in [0.15, 0.2) is 30.3 Å². The molecule has 1 N–H and O–H groups in total. The van der Waals surface area contributed by atoms with Crippen molar-refractivity contribution in [2.75, 3.05) is 30.8 Å². The standard InChI is InChI=1S/C15H24N2S/c1-13(18-2)12-16-14-8-10-17(11-9-14)15-6-4-3-5-7-15/h3-7,13-14,16H,8-12H2,1-2H3. The van der Waals surface area contributed by atoms with Crippen LogP contribution in [0.2, 0.25) is 0 Å². The number of hydrogen-bond donors (Lipinski definition) is 1. The molecule has 1 heterocycles. The first-order valence-corrected chi connectivity index (χ1v) is 8.14. The second kappa shape index (κ2) is 7.05. The van der Waals surface area contributed by atoms with Crippen molar-refractivity contribution in [3.8, 4) is 0 Å². The predicted octanol–water partition coefficient (Wildman–Crippen LogP) is 3.00. The first-order chi connectivity index (χ1) is 8.79. The summed E-state index contributed by atoms with van der Waals surface area (Å²) >= 11 is 1.94. The molecule has 0 radical (unpaired) electrons. The van der Waals surface area contributed by atoms with E-state index in [2.05, 4.69) is 53.7 Å². The third kappa shape index (κ3) is 3.92. The summed E-state index contributed by atoms with van der Waals surface area (Å²) in [5.74, 6) is 0. The molecular formula is C15H24N2S. The average molecular weight is 264 g/mol. The summed E-state index contributed by atoms with van der Waals surface area (Å²) in [6.07, 6.45) is 4.70. The maximum Gasteiger partial charge on any atom is 0.0366 e. The summed E-state index contributed by atoms with van der Waals surface area (Å²) in [6.45, 7) is 5.78. The highest BCUT2D eigenvalue weighted by Gasteiger charge is 2.19. The van der Waals surface area contributed by atoms with Crippen molar-refractivity contribution in [2.45, 2.75) is 31.1 Å². The minimum absolute atomic E-state index is 0.708. The largest absolute Gasteiger partial charge is 0.371 e. The van der Waals surface area contributed by atoms with E-state index in [1.165, 1.54) is 31.6 Å². The Hall–Kier alpha value is -0.670. The Morgan fingerprint density at radius 2 is 1.94 bits per heavy atom. The predicted molar refractivity (Wildman–Crippen MR) is 82.7 cm³/mol. The first-order valence-electron chi connectivity index (χ1n) is 6.86. The van der Waals surface area contributed by atoms with Crippen LogP contribution in [0.3, 0.4) is 0 Å². The molecule has 1 saturated heterocycles. The Kier molecular flexibility index (Phi) is 5.39. The lowest BCUT2D eigenvalue weighted by atomic mass is 10.0. The summed E-state index contributed by atoms with van der Waals surface area (Å²) in [7, 11) is 0. The van der Waals surface area contributed by atoms with Gasteiger partial charge in [-0.25, -0.2) is 0 Å². The van der Waals surface area contributed by atoms with Crippen molar-refractivity contribution < 1.29 is 0 Å². The molecule has 0 spiro atoms. The quantitative estimate of drug-likeness (QED) is 0.880. The Labute approximate surface area is 115 Å². The Balaban J connectivity index is 1.75. The van der Waals surface area contributed by atoms with Crippen molar-refractivity contribution >= 4 is 17.4 Å². The first kappa shape index (κ1) is 13.8. The molecule has 1 atom stereocenters. The van der Waals surface area contributed by atoms with E-state index in [1.807, 2.05) is 11.8 Å². The number of rotatable bonds is 5. The molecule has 0 saturated carbocycles. The second-order valence-corrected chi connectivity index (χ2v) is 6.33. The summed E-state index contributed by atoms with van der Waals surface area (Å²) in [5.41, 5.74) is 1.37. The number of piperidine rings is 1. The van der Waals surface area contributed by atoms with Crippen molar-refractivity contribution in [1.82, 2.24) is 5.32 Å². The minimum atomic E-state index is 0.708. The van der Waals surface area contributed by atoms with Crippen molar-refractivity contribution in [3.05, 3.63) is 30.3 Å². The normalized spacial score (nSPS) is 18.9. The second-order valence-electron chi connectivity index (χ2n) is 5.05. The van der Waals surface area contributed by atoms with Crippen molar-refractivity contribution in [3.63, 3.8) is 0 Å². The summed E-state index contributed by atoms with van der Waals surface area (Å²) in [4.78, 5) is 2.50. The van der Waals surface area contributed by atoms with E-state index < -0.39 is 0 Å². The van der Waals surface area contributed by atoms with Crippen LogP contribution in [-0.4, -0.2) is 37.2 Å². The average Bonchev–Trinajstić information content (AvgIpc) is 2.46. The molecule has 0 amide bonds. The van der Waals surface area contributed by atoms with Crippen molar-refractivity contribution in [1.29, 1.82) is 0 Å². The molecule has 0 aromatic heterocycles. The Morgan fingerprint density at radius 1 is 1.28 bits per heavy atom. The van der Waals surface area contributed by atoms with Gasteiger partial charge < -0.3 is 10.2 Å². The number of thioether (sulfide) groups is 1. The van der Waals surface area contributed by atoms with E-state index in [0.717, 1.165) is 11.8 Å². The third-order valence-electron chi connectivity index (χ3n) is 3.71. The fourth-order valence-electron chi connectivity index (χ4n) is 2.40. The van der Waals surface area contributed by atoms with Gasteiger partial charge in [-0.15, -0.1) is 0 Å². The van der Waals surface area contributed by atoms with Gasteiger partial charge in [0.2, 0.25) is 0 Å². The molecule has 2 rings (SSSR count). The highest BCUT2D eigenvalue weighted by atomic mass is 32.2. The molecular weight excluding hydrogens is 240 g/mol. The Bertz CT molecular complexity index is 334. The molecule has 18 heavy (non-hydrogen) atoms. The fourth-order valence-corrected chi connectivity index (χ4v) is 2.66. The van der Waals surface area contributed by atoms with Gasteiger partial charge in [0, 0.05) is 36.6 Å². The maximum atomic E-state index is 3.70. The highest BCUT2D eigenvalue weighted by molar-refractivity contribution is 7.99. The van der Waals surface area contributed by atoms with Crippen LogP contribution < -0.4 is 10.2 Å². The number of hydrogen-bond acceptors (Lipinski definition) is 3. The van der Waals surface area contributed by atoms with Gasteiger partial charge in [-0.2, -0.15) is 11.8 Å². The molecule has 1 aromatic carbocycles. The van der Waals surface area contributed by atoms with Crippen LogP contribution in [0.1, 0.15) is 19.8 Å². The van der Waals surface area contributed by atoms with Gasteiger partial charge in [0.25, 0.3) is 0 Å². The maximum absolute atomic E-state index is 3.70. The molecule has 1 aliphatic heterocycles. The number of anilines is 1. The molecule has 1 unspecified atom stereocenters. The SMILES string of the molecule is CSC(C)CNC1CCN(c2ccccc2)CC1. The smallest absolute Gasteiger partial charge is 0.0366 e. The fraction of sp³-hybridized carbons (Fsp3) is 0.600. The third-order valence-corrected chi connectivity index (χ3v) is 4.68. The van der Waals surface area contributed by atoms with E-state index >= 15 is 0 Å². The van der Waals surface area contributed by atoms with Gasteiger partial charge in [0.1, 0.15) is 0 Å². The van der Waals surface area contributed by atoms with Gasteiger partial charge >= 0.3 is 0 Å². The van der Waals surface area contributed by atoms with Gasteiger partial charge in [-0.05, 0) is 31.2 Å². The van der Waals surface area contributed by atoms with Crippen LogP contribution in [-0.2, 0) is 0 Å². The van der Waals surface area contributed by atoms with E-state index in [4.69, 9.17) is 0 Å².